The SMILES string of the molecule is CC(O)c1ccc(OCc2ccc(Cl)s2)cc1. The Kier molecular flexibility index (Phi) is 4.05. The third-order valence-electron chi connectivity index (χ3n) is 2.37. The Hall–Kier alpha value is -1.03. The lowest BCUT2D eigenvalue weighted by Crippen LogP contribution is -1.94. The quantitative estimate of drug-likeness (QED) is 0.907. The molecular weight excluding hydrogens is 256 g/mol. The van der Waals surface area contributed by atoms with Crippen LogP contribution in [0.5, 0.6) is 5.75 Å². The highest BCUT2D eigenvalue weighted by Crippen LogP contribution is 2.23. The van der Waals surface area contributed by atoms with Gasteiger partial charge in [0.05, 0.1) is 10.4 Å². The monoisotopic (exact) mass is 268 g/mol. The molecule has 1 heterocycles. The van der Waals surface area contributed by atoms with Gasteiger partial charge in [0, 0.05) is 4.88 Å². The van der Waals surface area contributed by atoms with Crippen molar-refractivity contribution >= 4 is 22.9 Å². The predicted molar refractivity (Wildman–Crippen MR) is 70.7 cm³/mol. The van der Waals surface area contributed by atoms with Crippen LogP contribution in [0.4, 0.5) is 0 Å². The van der Waals surface area contributed by atoms with Gasteiger partial charge in [-0.05, 0) is 36.8 Å². The zero-order valence-electron chi connectivity index (χ0n) is 9.39. The fourth-order valence-electron chi connectivity index (χ4n) is 1.43. The summed E-state index contributed by atoms with van der Waals surface area (Å²) in [6, 6.07) is 11.3. The van der Waals surface area contributed by atoms with Gasteiger partial charge in [0.25, 0.3) is 0 Å². The highest BCUT2D eigenvalue weighted by Gasteiger charge is 2.02. The molecular formula is C13H13ClO2S. The van der Waals surface area contributed by atoms with E-state index in [1.807, 2.05) is 36.4 Å². The largest absolute Gasteiger partial charge is 0.488 e. The number of ether oxygens (including phenoxy) is 1. The lowest BCUT2D eigenvalue weighted by Gasteiger charge is -2.07. The van der Waals surface area contributed by atoms with E-state index < -0.39 is 6.10 Å². The molecule has 2 aromatic rings. The molecule has 0 amide bonds. The number of thiophene rings is 1. The number of hydrogen-bond donors (Lipinski definition) is 1. The second-order valence-corrected chi connectivity index (χ2v) is 5.54. The Morgan fingerprint density at radius 2 is 1.94 bits per heavy atom. The van der Waals surface area contributed by atoms with Crippen LogP contribution < -0.4 is 4.74 Å². The molecule has 0 saturated carbocycles. The minimum absolute atomic E-state index is 0.444. The summed E-state index contributed by atoms with van der Waals surface area (Å²) < 4.78 is 6.38. The van der Waals surface area contributed by atoms with Gasteiger partial charge in [0.1, 0.15) is 12.4 Å². The first-order chi connectivity index (χ1) is 8.15. The standard InChI is InChI=1S/C13H13ClO2S/c1-9(15)10-2-4-11(5-3-10)16-8-12-6-7-13(14)17-12/h2-7,9,15H,8H2,1H3. The average molecular weight is 269 g/mol. The van der Waals surface area contributed by atoms with Gasteiger partial charge in [-0.15, -0.1) is 11.3 Å². The number of hydrogen-bond acceptors (Lipinski definition) is 3. The number of halogens is 1. The first-order valence-corrected chi connectivity index (χ1v) is 6.49. The molecule has 0 fully saturated rings. The van der Waals surface area contributed by atoms with Crippen LogP contribution in [0.2, 0.25) is 4.34 Å². The summed E-state index contributed by atoms with van der Waals surface area (Å²) in [7, 11) is 0. The summed E-state index contributed by atoms with van der Waals surface area (Å²) in [5.41, 5.74) is 0.886. The molecule has 1 unspecified atom stereocenters. The molecule has 0 aliphatic heterocycles. The Morgan fingerprint density at radius 1 is 1.24 bits per heavy atom. The second kappa shape index (κ2) is 5.54. The Balaban J connectivity index is 1.95. The topological polar surface area (TPSA) is 29.5 Å². The highest BCUT2D eigenvalue weighted by atomic mass is 35.5. The zero-order valence-corrected chi connectivity index (χ0v) is 11.0. The van der Waals surface area contributed by atoms with E-state index in [2.05, 4.69) is 0 Å². The van der Waals surface area contributed by atoms with Gasteiger partial charge in [-0.25, -0.2) is 0 Å². The normalized spacial score (nSPS) is 12.4. The van der Waals surface area contributed by atoms with Crippen LogP contribution in [0.1, 0.15) is 23.5 Å². The van der Waals surface area contributed by atoms with E-state index in [-0.39, 0.29) is 0 Å². The van der Waals surface area contributed by atoms with Crippen molar-refractivity contribution in [2.24, 2.45) is 0 Å². The van der Waals surface area contributed by atoms with Crippen molar-refractivity contribution in [3.8, 4) is 5.75 Å². The summed E-state index contributed by atoms with van der Waals surface area (Å²) in [4.78, 5) is 1.09. The molecule has 0 aliphatic carbocycles. The van der Waals surface area contributed by atoms with Crippen LogP contribution in [0.15, 0.2) is 36.4 Å². The van der Waals surface area contributed by atoms with Crippen molar-refractivity contribution in [1.82, 2.24) is 0 Å². The number of rotatable bonds is 4. The fraction of sp³-hybridized carbons (Fsp3) is 0.231. The predicted octanol–water partition coefficient (Wildman–Crippen LogP) is 4.03. The van der Waals surface area contributed by atoms with Gasteiger partial charge in [0.15, 0.2) is 0 Å². The van der Waals surface area contributed by atoms with Crippen molar-refractivity contribution in [2.45, 2.75) is 19.6 Å². The molecule has 2 nitrogen and oxygen atoms in total. The van der Waals surface area contributed by atoms with E-state index in [9.17, 15) is 5.11 Å². The maximum absolute atomic E-state index is 9.37. The summed E-state index contributed by atoms with van der Waals surface area (Å²) in [6.07, 6.45) is -0.444. The molecule has 2 rings (SSSR count). The second-order valence-electron chi connectivity index (χ2n) is 3.74. The maximum Gasteiger partial charge on any atom is 0.122 e. The van der Waals surface area contributed by atoms with Crippen LogP contribution in [0.25, 0.3) is 0 Å². The van der Waals surface area contributed by atoms with Crippen LogP contribution >= 0.6 is 22.9 Å². The van der Waals surface area contributed by atoms with Crippen molar-refractivity contribution < 1.29 is 9.84 Å². The number of aliphatic hydroxyl groups is 1. The van der Waals surface area contributed by atoms with Gasteiger partial charge < -0.3 is 9.84 Å². The first kappa shape index (κ1) is 12.4. The molecule has 1 aromatic heterocycles. The Bertz CT molecular complexity index is 476. The van der Waals surface area contributed by atoms with E-state index >= 15 is 0 Å². The zero-order chi connectivity index (χ0) is 12.3. The lowest BCUT2D eigenvalue weighted by molar-refractivity contribution is 0.199. The van der Waals surface area contributed by atoms with E-state index in [0.29, 0.717) is 6.61 Å². The third kappa shape index (κ3) is 3.46. The maximum atomic E-state index is 9.37. The minimum Gasteiger partial charge on any atom is -0.488 e. The summed E-state index contributed by atoms with van der Waals surface area (Å²) in [5.74, 6) is 0.791. The van der Waals surface area contributed by atoms with E-state index in [1.54, 1.807) is 6.92 Å². The molecule has 0 bridgehead atoms. The van der Waals surface area contributed by atoms with Gasteiger partial charge in [-0.3, -0.25) is 0 Å². The van der Waals surface area contributed by atoms with Crippen LogP contribution in [-0.2, 0) is 6.61 Å². The molecule has 1 aromatic carbocycles. The van der Waals surface area contributed by atoms with Crippen molar-refractivity contribution in [3.05, 3.63) is 51.2 Å². The van der Waals surface area contributed by atoms with Gasteiger partial charge in [-0.1, -0.05) is 23.7 Å². The molecule has 1 N–H and O–H groups in total. The minimum atomic E-state index is -0.444. The van der Waals surface area contributed by atoms with E-state index in [4.69, 9.17) is 16.3 Å². The van der Waals surface area contributed by atoms with Gasteiger partial charge in [0.2, 0.25) is 0 Å². The molecule has 17 heavy (non-hydrogen) atoms. The number of benzene rings is 1. The van der Waals surface area contributed by atoms with Crippen LogP contribution in [0.3, 0.4) is 0 Å². The smallest absolute Gasteiger partial charge is 0.122 e. The average Bonchev–Trinajstić information content (AvgIpc) is 2.73. The summed E-state index contributed by atoms with van der Waals surface area (Å²) in [6.45, 7) is 2.26. The van der Waals surface area contributed by atoms with Gasteiger partial charge in [-0.2, -0.15) is 0 Å². The van der Waals surface area contributed by atoms with Crippen molar-refractivity contribution in [1.29, 1.82) is 0 Å². The van der Waals surface area contributed by atoms with Crippen LogP contribution in [0, 0.1) is 0 Å². The fourth-order valence-corrected chi connectivity index (χ4v) is 2.43. The third-order valence-corrected chi connectivity index (χ3v) is 3.58. The molecule has 0 aliphatic rings. The van der Waals surface area contributed by atoms with Crippen LogP contribution in [-0.4, -0.2) is 5.11 Å². The van der Waals surface area contributed by atoms with Crippen molar-refractivity contribution in [2.75, 3.05) is 0 Å². The molecule has 90 valence electrons. The van der Waals surface area contributed by atoms with E-state index in [0.717, 1.165) is 20.5 Å². The summed E-state index contributed by atoms with van der Waals surface area (Å²) >= 11 is 7.35. The summed E-state index contributed by atoms with van der Waals surface area (Å²) in [5, 5.41) is 9.37. The molecule has 0 spiro atoms. The number of aliphatic hydroxyl groups excluding tert-OH is 1. The molecule has 0 radical (unpaired) electrons. The van der Waals surface area contributed by atoms with Gasteiger partial charge >= 0.3 is 0 Å². The van der Waals surface area contributed by atoms with E-state index in [1.165, 1.54) is 11.3 Å². The molecule has 4 heteroatoms. The van der Waals surface area contributed by atoms with Crippen molar-refractivity contribution in [3.63, 3.8) is 0 Å². The first-order valence-electron chi connectivity index (χ1n) is 5.30. The lowest BCUT2D eigenvalue weighted by atomic mass is 10.1. The highest BCUT2D eigenvalue weighted by molar-refractivity contribution is 7.16. The molecule has 1 atom stereocenters. The Labute approximate surface area is 109 Å². The Morgan fingerprint density at radius 3 is 2.47 bits per heavy atom. The molecule has 0 saturated heterocycles.